The van der Waals surface area contributed by atoms with Gasteiger partial charge in [0.2, 0.25) is 0 Å². The number of piperidine rings is 1. The van der Waals surface area contributed by atoms with E-state index < -0.39 is 25.3 Å². The van der Waals surface area contributed by atoms with Crippen LogP contribution in [0.5, 0.6) is 0 Å². The number of nitrogens with one attached hydrogen (secondary N) is 1. The van der Waals surface area contributed by atoms with E-state index in [0.717, 1.165) is 18.4 Å². The van der Waals surface area contributed by atoms with Crippen LogP contribution in [0.2, 0.25) is 0 Å². The van der Waals surface area contributed by atoms with E-state index in [1.54, 1.807) is 4.90 Å². The van der Waals surface area contributed by atoms with Crippen molar-refractivity contribution in [3.63, 3.8) is 0 Å². The molecule has 6 atom stereocenters. The molecule has 1 aromatic rings. The van der Waals surface area contributed by atoms with Crippen LogP contribution in [0.25, 0.3) is 4.85 Å². The summed E-state index contributed by atoms with van der Waals surface area (Å²) < 4.78 is 18.9. The predicted molar refractivity (Wildman–Crippen MR) is 135 cm³/mol. The molecule has 0 spiro atoms. The highest BCUT2D eigenvalue weighted by Crippen LogP contribution is 2.65. The van der Waals surface area contributed by atoms with Gasteiger partial charge in [-0.15, -0.1) is 0 Å². The topological polar surface area (TPSA) is 81.5 Å². The van der Waals surface area contributed by atoms with Crippen LogP contribution in [0.3, 0.4) is 0 Å². The standard InChI is InChI=1S/C27H36BN3O5/c1-26(2)19-14-21(26)27(3)22(15-19)35-28(36-27)23(13-18-9-6-5-7-10-18)30-25(33)34-20-11-8-12-31(17-20)24(32)16-29-4/h5-7,9-10,19-23H,8,11-17H2,1-3H3,(H,30,33)/t19-,20+,21-,22+,23-,27-/m0/s1. The number of amides is 2. The number of alkyl carbamates (subject to hydrolysis) is 1. The third kappa shape index (κ3) is 4.61. The summed E-state index contributed by atoms with van der Waals surface area (Å²) >= 11 is 0. The molecule has 9 heteroatoms. The molecule has 8 nitrogen and oxygen atoms in total. The number of hydrogen-bond donors (Lipinski definition) is 1. The first-order chi connectivity index (χ1) is 17.2. The summed E-state index contributed by atoms with van der Waals surface area (Å²) in [6.07, 6.45) is 3.23. The molecule has 2 saturated heterocycles. The number of carbonyl (C=O) groups is 2. The molecule has 3 saturated carbocycles. The van der Waals surface area contributed by atoms with Crippen LogP contribution in [-0.2, 0) is 25.3 Å². The van der Waals surface area contributed by atoms with E-state index in [2.05, 4.69) is 30.9 Å². The molecule has 0 radical (unpaired) electrons. The highest BCUT2D eigenvalue weighted by atomic mass is 16.7. The number of hydrogen-bond acceptors (Lipinski definition) is 5. The van der Waals surface area contributed by atoms with Crippen LogP contribution in [0, 0.1) is 23.8 Å². The van der Waals surface area contributed by atoms with Gasteiger partial charge >= 0.3 is 19.1 Å². The SMILES string of the molecule is [C-]#[N+]CC(=O)N1CCC[C@@H](OC(=O)N[C@@H](Cc2ccccc2)B2O[C@@H]3C[C@@H]4C[C@@H](C4(C)C)[C@]3(C)O2)C1. The zero-order valence-electron chi connectivity index (χ0n) is 21.4. The summed E-state index contributed by atoms with van der Waals surface area (Å²) in [7, 11) is -0.564. The molecular formula is C27H36BN3O5. The van der Waals surface area contributed by atoms with E-state index in [1.807, 2.05) is 30.3 Å². The maximum atomic E-state index is 13.0. The van der Waals surface area contributed by atoms with E-state index in [-0.39, 0.29) is 29.6 Å². The Hall–Kier alpha value is -2.57. The fraction of sp³-hybridized carbons (Fsp3) is 0.667. The average Bonchev–Trinajstić information content (AvgIpc) is 3.21. The van der Waals surface area contributed by atoms with Gasteiger partial charge in [-0.1, -0.05) is 44.2 Å². The highest BCUT2D eigenvalue weighted by molar-refractivity contribution is 6.47. The Bertz CT molecular complexity index is 1030. The van der Waals surface area contributed by atoms with Crippen LogP contribution in [-0.4, -0.2) is 67.4 Å². The van der Waals surface area contributed by atoms with Gasteiger partial charge in [-0.2, -0.15) is 0 Å². The summed E-state index contributed by atoms with van der Waals surface area (Å²) in [6, 6.07) is 10.0. The first kappa shape index (κ1) is 25.1. The van der Waals surface area contributed by atoms with Crippen LogP contribution >= 0.6 is 0 Å². The summed E-state index contributed by atoms with van der Waals surface area (Å²) in [5, 5.41) is 3.04. The lowest BCUT2D eigenvalue weighted by Crippen LogP contribution is -2.65. The second-order valence-electron chi connectivity index (χ2n) is 11.6. The molecular weight excluding hydrogens is 457 g/mol. The summed E-state index contributed by atoms with van der Waals surface area (Å²) in [6.45, 7) is 14.5. The number of benzene rings is 1. The minimum absolute atomic E-state index is 0.0238. The fourth-order valence-corrected chi connectivity index (χ4v) is 6.92. The van der Waals surface area contributed by atoms with Crippen molar-refractivity contribution < 1.29 is 23.6 Å². The molecule has 0 aromatic heterocycles. The molecule has 3 aliphatic carbocycles. The van der Waals surface area contributed by atoms with Crippen LogP contribution in [0.4, 0.5) is 4.79 Å². The van der Waals surface area contributed by atoms with Gasteiger partial charge in [0.15, 0.2) is 0 Å². The molecule has 2 aliphatic heterocycles. The summed E-state index contributed by atoms with van der Waals surface area (Å²) in [5.41, 5.74) is 0.951. The van der Waals surface area contributed by atoms with E-state index in [1.165, 1.54) is 6.42 Å². The molecule has 5 aliphatic rings. The minimum Gasteiger partial charge on any atom is -0.444 e. The predicted octanol–water partition coefficient (Wildman–Crippen LogP) is 3.50. The Balaban J connectivity index is 1.26. The lowest BCUT2D eigenvalue weighted by Gasteiger charge is -2.64. The number of nitrogens with zero attached hydrogens (tertiary/aromatic N) is 2. The fourth-order valence-electron chi connectivity index (χ4n) is 6.92. The summed E-state index contributed by atoms with van der Waals surface area (Å²) in [4.78, 5) is 30.0. The number of rotatable bonds is 6. The highest BCUT2D eigenvalue weighted by Gasteiger charge is 2.68. The molecule has 36 heavy (non-hydrogen) atoms. The van der Waals surface area contributed by atoms with Crippen molar-refractivity contribution in [3.05, 3.63) is 47.3 Å². The van der Waals surface area contributed by atoms with Crippen molar-refractivity contribution >= 4 is 19.1 Å². The molecule has 1 aromatic carbocycles. The third-order valence-electron chi connectivity index (χ3n) is 9.12. The number of carbonyl (C=O) groups excluding carboxylic acids is 2. The zero-order valence-corrected chi connectivity index (χ0v) is 21.4. The van der Waals surface area contributed by atoms with Crippen molar-refractivity contribution in [3.8, 4) is 0 Å². The van der Waals surface area contributed by atoms with E-state index in [4.69, 9.17) is 20.6 Å². The van der Waals surface area contributed by atoms with E-state index in [0.29, 0.717) is 37.8 Å². The Morgan fingerprint density at radius 1 is 1.28 bits per heavy atom. The minimum atomic E-state index is -0.564. The molecule has 1 N–H and O–H groups in total. The third-order valence-corrected chi connectivity index (χ3v) is 9.12. The van der Waals surface area contributed by atoms with Crippen molar-refractivity contribution in [2.75, 3.05) is 19.6 Å². The lowest BCUT2D eigenvalue weighted by atomic mass is 9.43. The maximum absolute atomic E-state index is 13.0. The number of ether oxygens (including phenoxy) is 1. The Morgan fingerprint density at radius 2 is 2.06 bits per heavy atom. The van der Waals surface area contributed by atoms with Gasteiger partial charge < -0.3 is 29.1 Å². The molecule has 0 unspecified atom stereocenters. The van der Waals surface area contributed by atoms with Gasteiger partial charge in [-0.25, -0.2) is 11.4 Å². The second-order valence-corrected chi connectivity index (χ2v) is 11.6. The van der Waals surface area contributed by atoms with E-state index in [9.17, 15) is 9.59 Å². The van der Waals surface area contributed by atoms with Crippen molar-refractivity contribution in [2.24, 2.45) is 17.3 Å². The van der Waals surface area contributed by atoms with Crippen molar-refractivity contribution in [1.29, 1.82) is 0 Å². The Labute approximate surface area is 214 Å². The van der Waals surface area contributed by atoms with Crippen LogP contribution in [0.15, 0.2) is 30.3 Å². The van der Waals surface area contributed by atoms with Gasteiger partial charge in [0.25, 0.3) is 6.54 Å². The normalized spacial score (nSPS) is 33.1. The van der Waals surface area contributed by atoms with Crippen LogP contribution < -0.4 is 5.32 Å². The largest absolute Gasteiger partial charge is 0.482 e. The quantitative estimate of drug-likeness (QED) is 0.485. The molecule has 2 heterocycles. The maximum Gasteiger partial charge on any atom is 0.482 e. The Morgan fingerprint density at radius 3 is 2.78 bits per heavy atom. The average molecular weight is 493 g/mol. The van der Waals surface area contributed by atoms with Gasteiger partial charge in [0.1, 0.15) is 6.10 Å². The lowest BCUT2D eigenvalue weighted by molar-refractivity contribution is -0.199. The molecule has 2 bridgehead atoms. The van der Waals surface area contributed by atoms with Crippen molar-refractivity contribution in [2.45, 2.75) is 76.6 Å². The van der Waals surface area contributed by atoms with Crippen LogP contribution in [0.1, 0.15) is 52.0 Å². The second kappa shape index (κ2) is 9.72. The monoisotopic (exact) mass is 493 g/mol. The zero-order chi connectivity index (χ0) is 25.5. The first-order valence-electron chi connectivity index (χ1n) is 13.2. The Kier molecular flexibility index (Phi) is 6.77. The summed E-state index contributed by atoms with van der Waals surface area (Å²) in [5.74, 6) is 0.453. The van der Waals surface area contributed by atoms with Gasteiger partial charge in [-0.05, 0) is 61.8 Å². The molecule has 2 amide bonds. The van der Waals surface area contributed by atoms with Crippen molar-refractivity contribution in [1.82, 2.24) is 10.2 Å². The van der Waals surface area contributed by atoms with Gasteiger partial charge in [0, 0.05) is 6.54 Å². The first-order valence-corrected chi connectivity index (χ1v) is 13.2. The molecule has 192 valence electrons. The smallest absolute Gasteiger partial charge is 0.444 e. The molecule has 6 rings (SSSR count). The molecule has 5 fully saturated rings. The van der Waals surface area contributed by atoms with E-state index >= 15 is 0 Å². The van der Waals surface area contributed by atoms with Gasteiger partial charge in [0.05, 0.1) is 24.2 Å². The van der Waals surface area contributed by atoms with Gasteiger partial charge in [-0.3, -0.25) is 4.79 Å². The number of likely N-dealkylation sites (tertiary alicyclic amines) is 1.